The molecule has 0 unspecified atom stereocenters. The van der Waals surface area contributed by atoms with Crippen molar-refractivity contribution in [2.45, 2.75) is 85.6 Å². The third kappa shape index (κ3) is 7.84. The first-order valence-corrected chi connectivity index (χ1v) is 15.1. The molecule has 1 aromatic rings. The molecule has 2 atom stereocenters. The molecule has 42 heavy (non-hydrogen) atoms. The average molecular weight is 581 g/mol. The second kappa shape index (κ2) is 15.6. The molecule has 1 heterocycles. The quantitative estimate of drug-likeness (QED) is 0.219. The van der Waals surface area contributed by atoms with E-state index in [9.17, 15) is 14.4 Å². The van der Waals surface area contributed by atoms with E-state index in [1.165, 1.54) is 11.1 Å². The Balaban J connectivity index is 1.88. The smallest absolute Gasteiger partial charge is 0.318 e. The highest BCUT2D eigenvalue weighted by Crippen LogP contribution is 2.52. The van der Waals surface area contributed by atoms with Crippen molar-refractivity contribution in [3.63, 3.8) is 0 Å². The summed E-state index contributed by atoms with van der Waals surface area (Å²) < 4.78 is 16.3. The largest absolute Gasteiger partial charge is 0.493 e. The highest BCUT2D eigenvalue weighted by atomic mass is 16.5. The maximum atomic E-state index is 14.1. The topological polar surface area (TPSA) is 94.2 Å². The molecule has 8 nitrogen and oxygen atoms in total. The van der Waals surface area contributed by atoms with Gasteiger partial charge in [-0.3, -0.25) is 14.4 Å². The molecule has 8 heteroatoms. The van der Waals surface area contributed by atoms with Gasteiger partial charge < -0.3 is 24.4 Å². The fourth-order valence-corrected chi connectivity index (χ4v) is 5.94. The van der Waals surface area contributed by atoms with Gasteiger partial charge in [0.25, 0.3) is 0 Å². The van der Waals surface area contributed by atoms with Gasteiger partial charge in [-0.05, 0) is 77.5 Å². The number of benzene rings is 1. The van der Waals surface area contributed by atoms with E-state index in [-0.39, 0.29) is 31.4 Å². The van der Waals surface area contributed by atoms with E-state index in [2.05, 4.69) is 38.2 Å². The number of fused-ring (bicyclic) bond motifs is 1. The normalized spacial score (nSPS) is 21.8. The maximum Gasteiger partial charge on any atom is 0.318 e. The zero-order chi connectivity index (χ0) is 30.7. The van der Waals surface area contributed by atoms with Gasteiger partial charge >= 0.3 is 5.97 Å². The van der Waals surface area contributed by atoms with E-state index in [1.807, 2.05) is 18.2 Å². The van der Waals surface area contributed by atoms with Crippen LogP contribution in [0.25, 0.3) is 0 Å². The lowest BCUT2D eigenvalue weighted by Gasteiger charge is -2.34. The van der Waals surface area contributed by atoms with E-state index in [0.29, 0.717) is 30.2 Å². The number of esters is 1. The minimum Gasteiger partial charge on any atom is -0.493 e. The molecule has 0 aromatic heterocycles. The monoisotopic (exact) mass is 580 g/mol. The summed E-state index contributed by atoms with van der Waals surface area (Å²) in [6.45, 7) is 8.86. The van der Waals surface area contributed by atoms with Crippen LogP contribution in [0.15, 0.2) is 53.3 Å². The Bertz CT molecular complexity index is 1210. The Kier molecular flexibility index (Phi) is 12.3. The number of carbonyl (C=O) groups excluding carboxylic acids is 3. The minimum absolute atomic E-state index is 0.0952. The van der Waals surface area contributed by atoms with E-state index >= 15 is 0 Å². The molecule has 1 aliphatic carbocycles. The molecule has 0 spiro atoms. The summed E-state index contributed by atoms with van der Waals surface area (Å²) in [7, 11) is 3.13. The predicted molar refractivity (Wildman–Crippen MR) is 164 cm³/mol. The first-order valence-electron chi connectivity index (χ1n) is 15.1. The van der Waals surface area contributed by atoms with Crippen LogP contribution in [0, 0.1) is 11.3 Å². The van der Waals surface area contributed by atoms with Crippen LogP contribution in [0.3, 0.4) is 0 Å². The summed E-state index contributed by atoms with van der Waals surface area (Å²) in [5, 5.41) is 2.95. The maximum absolute atomic E-state index is 14.1. The molecule has 1 aliphatic heterocycles. The molecule has 0 saturated carbocycles. The second-order valence-corrected chi connectivity index (χ2v) is 11.4. The van der Waals surface area contributed by atoms with Gasteiger partial charge in [0.1, 0.15) is 5.41 Å². The molecular weight excluding hydrogens is 532 g/mol. The molecule has 230 valence electrons. The number of amides is 2. The standard InChI is InChI=1S/C34H48N2O6/c1-7-42-33(39)34-19-11-9-8-10-15-30(34)36(20-18-25(4)14-12-13-24(2)3)32(38)27(34)22-31(37)35-23-26-16-17-28(40-5)29(21-26)41-6/h13,15-18,21,27H,7-12,14,19-20,22-23H2,1-6H3,(H,35,37)/b25-18+,30-15+/t27-,34-/m1/s1. The fraction of sp³-hybridized carbons (Fsp3) is 0.559. The molecule has 0 bridgehead atoms. The zero-order valence-corrected chi connectivity index (χ0v) is 26.2. The molecule has 0 radical (unpaired) electrons. The van der Waals surface area contributed by atoms with E-state index in [0.717, 1.165) is 44.1 Å². The highest BCUT2D eigenvalue weighted by molar-refractivity contribution is 5.99. The third-order valence-corrected chi connectivity index (χ3v) is 8.20. The van der Waals surface area contributed by atoms with Crippen molar-refractivity contribution in [2.75, 3.05) is 27.4 Å². The third-order valence-electron chi connectivity index (χ3n) is 8.20. The lowest BCUT2D eigenvalue weighted by atomic mass is 9.69. The molecular formula is C34H48N2O6. The molecule has 2 aliphatic rings. The molecule has 1 aromatic carbocycles. The number of nitrogens with zero attached hydrogens (tertiary/aromatic N) is 1. The Morgan fingerprint density at radius 3 is 2.52 bits per heavy atom. The number of nitrogens with one attached hydrogen (secondary N) is 1. The number of allylic oxidation sites excluding steroid dienone is 4. The van der Waals surface area contributed by atoms with E-state index in [1.54, 1.807) is 32.1 Å². The van der Waals surface area contributed by atoms with Gasteiger partial charge in [-0.2, -0.15) is 0 Å². The Morgan fingerprint density at radius 1 is 1.07 bits per heavy atom. The Morgan fingerprint density at radius 2 is 1.83 bits per heavy atom. The van der Waals surface area contributed by atoms with Crippen LogP contribution in [0.2, 0.25) is 0 Å². The Labute approximate surface area is 251 Å². The van der Waals surface area contributed by atoms with Crippen LogP contribution in [-0.4, -0.2) is 50.1 Å². The van der Waals surface area contributed by atoms with E-state index in [4.69, 9.17) is 14.2 Å². The second-order valence-electron chi connectivity index (χ2n) is 11.4. The number of hydrogen-bond donors (Lipinski definition) is 1. The van der Waals surface area contributed by atoms with Gasteiger partial charge in [-0.15, -0.1) is 0 Å². The van der Waals surface area contributed by atoms with Gasteiger partial charge in [0.2, 0.25) is 11.8 Å². The molecule has 3 rings (SSSR count). The lowest BCUT2D eigenvalue weighted by Crippen LogP contribution is -2.42. The summed E-state index contributed by atoms with van der Waals surface area (Å²) in [5.41, 5.74) is 2.84. The average Bonchev–Trinajstić information content (AvgIpc) is 3.16. The highest BCUT2D eigenvalue weighted by Gasteiger charge is 2.61. The number of carbonyl (C=O) groups is 3. The summed E-state index contributed by atoms with van der Waals surface area (Å²) in [6, 6.07) is 5.45. The van der Waals surface area contributed by atoms with Gasteiger partial charge in [-0.1, -0.05) is 48.3 Å². The first kappa shape index (κ1) is 33.0. The number of likely N-dealkylation sites (tertiary alicyclic amines) is 1. The molecule has 2 amide bonds. The predicted octanol–water partition coefficient (Wildman–Crippen LogP) is 6.26. The molecule has 1 N–H and O–H groups in total. The van der Waals surface area contributed by atoms with Crippen molar-refractivity contribution in [3.8, 4) is 11.5 Å². The van der Waals surface area contributed by atoms with Crippen molar-refractivity contribution in [1.29, 1.82) is 0 Å². The van der Waals surface area contributed by atoms with E-state index < -0.39 is 17.3 Å². The number of methoxy groups -OCH3 is 2. The van der Waals surface area contributed by atoms with Crippen molar-refractivity contribution in [1.82, 2.24) is 10.2 Å². The van der Waals surface area contributed by atoms with Gasteiger partial charge in [0.05, 0.1) is 26.7 Å². The minimum atomic E-state index is -1.17. The molecule has 1 saturated heterocycles. The lowest BCUT2D eigenvalue weighted by molar-refractivity contribution is -0.158. The fourth-order valence-electron chi connectivity index (χ4n) is 5.94. The van der Waals surface area contributed by atoms with Crippen LogP contribution in [0.5, 0.6) is 11.5 Å². The van der Waals surface area contributed by atoms with Crippen LogP contribution >= 0.6 is 0 Å². The van der Waals surface area contributed by atoms with Crippen molar-refractivity contribution in [2.24, 2.45) is 11.3 Å². The Hall–Kier alpha value is -3.55. The van der Waals surface area contributed by atoms with Crippen LogP contribution < -0.4 is 14.8 Å². The van der Waals surface area contributed by atoms with Crippen LogP contribution in [0.4, 0.5) is 0 Å². The van der Waals surface area contributed by atoms with Gasteiger partial charge in [-0.25, -0.2) is 0 Å². The van der Waals surface area contributed by atoms with Gasteiger partial charge in [0.15, 0.2) is 11.5 Å². The van der Waals surface area contributed by atoms with Crippen LogP contribution in [0.1, 0.15) is 84.6 Å². The summed E-state index contributed by atoms with van der Waals surface area (Å²) >= 11 is 0. The van der Waals surface area contributed by atoms with Crippen molar-refractivity contribution in [3.05, 3.63) is 58.8 Å². The number of hydrogen-bond acceptors (Lipinski definition) is 6. The summed E-state index contributed by atoms with van der Waals surface area (Å²) in [6.07, 6.45) is 12.1. The number of ether oxygens (including phenoxy) is 3. The van der Waals surface area contributed by atoms with Crippen molar-refractivity contribution < 1.29 is 28.6 Å². The van der Waals surface area contributed by atoms with Crippen LogP contribution in [-0.2, 0) is 25.7 Å². The first-order chi connectivity index (χ1) is 20.2. The SMILES string of the molecule is CCOC(=O)[C@@]12CCCCC/C=C\1N(C/C=C(\C)CCC=C(C)C)C(=O)[C@H]2CC(=O)NCc1ccc(OC)c(OC)c1. The summed E-state index contributed by atoms with van der Waals surface area (Å²) in [5.74, 6) is -0.540. The zero-order valence-electron chi connectivity index (χ0n) is 26.2. The summed E-state index contributed by atoms with van der Waals surface area (Å²) in [4.78, 5) is 43.0. The van der Waals surface area contributed by atoms with Gasteiger partial charge in [0, 0.05) is 25.2 Å². The molecule has 1 fully saturated rings. The number of rotatable bonds is 13. The van der Waals surface area contributed by atoms with Crippen molar-refractivity contribution >= 4 is 17.8 Å².